The summed E-state index contributed by atoms with van der Waals surface area (Å²) < 4.78 is 27.2. The normalized spacial score (nSPS) is 18.9. The summed E-state index contributed by atoms with van der Waals surface area (Å²) in [6.45, 7) is 3.49. The third-order valence-electron chi connectivity index (χ3n) is 4.35. The van der Waals surface area contributed by atoms with E-state index in [0.717, 1.165) is 0 Å². The van der Waals surface area contributed by atoms with Crippen LogP contribution in [0.1, 0.15) is 13.3 Å². The molecule has 1 aromatic heterocycles. The Kier molecular flexibility index (Phi) is 4.31. The molecule has 1 saturated heterocycles. The topological polar surface area (TPSA) is 88.4 Å². The summed E-state index contributed by atoms with van der Waals surface area (Å²) in [5.74, 6) is 0.0996. The fraction of sp³-hybridized carbons (Fsp3) is 0.533. The number of hydrogen-bond donors (Lipinski definition) is 0. The lowest BCUT2D eigenvalue weighted by atomic mass is 10.1. The number of amides is 1. The van der Waals surface area contributed by atoms with Crippen molar-refractivity contribution in [2.75, 3.05) is 26.7 Å². The van der Waals surface area contributed by atoms with E-state index in [4.69, 9.17) is 0 Å². The summed E-state index contributed by atoms with van der Waals surface area (Å²) in [5.41, 5.74) is 0.907. The van der Waals surface area contributed by atoms with E-state index in [0.29, 0.717) is 37.1 Å². The zero-order chi connectivity index (χ0) is 17.5. The summed E-state index contributed by atoms with van der Waals surface area (Å²) in [6, 6.07) is 4.94. The molecule has 0 radical (unpaired) electrons. The molecule has 1 aliphatic rings. The lowest BCUT2D eigenvalue weighted by molar-refractivity contribution is -0.127. The number of aromatic nitrogens is 3. The minimum absolute atomic E-state index is 0.0123. The van der Waals surface area contributed by atoms with Crippen LogP contribution < -0.4 is 0 Å². The van der Waals surface area contributed by atoms with E-state index in [2.05, 4.69) is 10.2 Å². The zero-order valence-electron chi connectivity index (χ0n) is 14.0. The van der Waals surface area contributed by atoms with Crippen molar-refractivity contribution >= 4 is 27.0 Å². The highest BCUT2D eigenvalue weighted by atomic mass is 32.2. The SMILES string of the molecule is CCN1C[C@@H](CN(C)S(=O)(=O)c2cccc3nn(C)nc23)CC1=O. The molecular weight excluding hydrogens is 330 g/mol. The number of hydrogen-bond acceptors (Lipinski definition) is 5. The number of carbonyl (C=O) groups excluding carboxylic acids is 1. The van der Waals surface area contributed by atoms with Crippen molar-refractivity contribution in [2.45, 2.75) is 18.2 Å². The summed E-state index contributed by atoms with van der Waals surface area (Å²) in [6.07, 6.45) is 0.392. The van der Waals surface area contributed by atoms with Gasteiger partial charge in [0.15, 0.2) is 0 Å². The van der Waals surface area contributed by atoms with Crippen LogP contribution in [0.4, 0.5) is 0 Å². The first-order chi connectivity index (χ1) is 11.3. The number of nitrogens with zero attached hydrogens (tertiary/aromatic N) is 5. The number of carbonyl (C=O) groups is 1. The number of benzene rings is 1. The quantitative estimate of drug-likeness (QED) is 0.781. The lowest BCUT2D eigenvalue weighted by Gasteiger charge is -2.21. The maximum atomic E-state index is 12.9. The first-order valence-electron chi connectivity index (χ1n) is 7.87. The van der Waals surface area contributed by atoms with Crippen molar-refractivity contribution in [1.29, 1.82) is 0 Å². The molecule has 9 heteroatoms. The van der Waals surface area contributed by atoms with Gasteiger partial charge in [-0.05, 0) is 25.0 Å². The standard InChI is InChI=1S/C15H21N5O3S/c1-4-20-10-11(8-14(20)21)9-18(2)24(22,23)13-7-5-6-12-15(13)17-19(3)16-12/h5-7,11H,4,8-10H2,1-3H3/t11-/m1/s1. The molecule has 3 rings (SSSR count). The van der Waals surface area contributed by atoms with Gasteiger partial charge in [-0.1, -0.05) is 6.07 Å². The molecule has 0 aliphatic carbocycles. The summed E-state index contributed by atoms with van der Waals surface area (Å²) >= 11 is 0. The van der Waals surface area contributed by atoms with Crippen molar-refractivity contribution in [3.63, 3.8) is 0 Å². The second kappa shape index (κ2) is 6.14. The summed E-state index contributed by atoms with van der Waals surface area (Å²) in [4.78, 5) is 15.1. The van der Waals surface area contributed by atoms with Crippen LogP contribution in [0.15, 0.2) is 23.1 Å². The smallest absolute Gasteiger partial charge is 0.245 e. The van der Waals surface area contributed by atoms with Gasteiger partial charge in [-0.2, -0.15) is 15.0 Å². The molecule has 1 aromatic carbocycles. The molecule has 8 nitrogen and oxygen atoms in total. The van der Waals surface area contributed by atoms with Gasteiger partial charge in [0.1, 0.15) is 15.9 Å². The molecule has 2 aromatic rings. The Morgan fingerprint density at radius 2 is 2.08 bits per heavy atom. The van der Waals surface area contributed by atoms with Gasteiger partial charge in [0, 0.05) is 40.2 Å². The molecule has 24 heavy (non-hydrogen) atoms. The molecule has 2 heterocycles. The van der Waals surface area contributed by atoms with Gasteiger partial charge >= 0.3 is 0 Å². The van der Waals surface area contributed by atoms with Crippen LogP contribution in [0.5, 0.6) is 0 Å². The Morgan fingerprint density at radius 1 is 1.33 bits per heavy atom. The van der Waals surface area contributed by atoms with E-state index >= 15 is 0 Å². The highest BCUT2D eigenvalue weighted by molar-refractivity contribution is 7.89. The van der Waals surface area contributed by atoms with E-state index in [1.165, 1.54) is 9.10 Å². The predicted molar refractivity (Wildman–Crippen MR) is 88.7 cm³/mol. The molecule has 1 aliphatic heterocycles. The Labute approximate surface area is 141 Å². The zero-order valence-corrected chi connectivity index (χ0v) is 14.8. The minimum atomic E-state index is -3.69. The average molecular weight is 351 g/mol. The van der Waals surface area contributed by atoms with Crippen LogP contribution in [-0.4, -0.2) is 65.2 Å². The molecule has 0 spiro atoms. The number of rotatable bonds is 5. The highest BCUT2D eigenvalue weighted by Gasteiger charge is 2.33. The molecule has 1 fully saturated rings. The van der Waals surface area contributed by atoms with Crippen molar-refractivity contribution in [3.8, 4) is 0 Å². The second-order valence-electron chi connectivity index (χ2n) is 6.10. The molecule has 1 amide bonds. The van der Waals surface area contributed by atoms with E-state index in [-0.39, 0.29) is 16.7 Å². The van der Waals surface area contributed by atoms with Gasteiger partial charge in [-0.15, -0.1) is 0 Å². The van der Waals surface area contributed by atoms with Gasteiger partial charge in [-0.25, -0.2) is 12.7 Å². The van der Waals surface area contributed by atoms with Crippen LogP contribution in [0.3, 0.4) is 0 Å². The maximum Gasteiger partial charge on any atom is 0.245 e. The predicted octanol–water partition coefficient (Wildman–Crippen LogP) is 0.457. The first-order valence-corrected chi connectivity index (χ1v) is 9.31. The fourth-order valence-electron chi connectivity index (χ4n) is 3.13. The van der Waals surface area contributed by atoms with Gasteiger partial charge < -0.3 is 4.90 Å². The number of aryl methyl sites for hydroxylation is 1. The van der Waals surface area contributed by atoms with E-state index < -0.39 is 10.0 Å². The van der Waals surface area contributed by atoms with E-state index in [1.54, 1.807) is 37.2 Å². The van der Waals surface area contributed by atoms with Gasteiger partial charge in [0.25, 0.3) is 0 Å². The van der Waals surface area contributed by atoms with Crippen LogP contribution in [0.25, 0.3) is 11.0 Å². The molecular formula is C15H21N5O3S. The highest BCUT2D eigenvalue weighted by Crippen LogP contribution is 2.25. The van der Waals surface area contributed by atoms with Crippen molar-refractivity contribution in [2.24, 2.45) is 13.0 Å². The maximum absolute atomic E-state index is 12.9. The van der Waals surface area contributed by atoms with Gasteiger partial charge in [-0.3, -0.25) is 4.79 Å². The first kappa shape index (κ1) is 16.8. The second-order valence-corrected chi connectivity index (χ2v) is 8.11. The Balaban J connectivity index is 1.85. The number of sulfonamides is 1. The molecule has 0 saturated carbocycles. The lowest BCUT2D eigenvalue weighted by Crippen LogP contribution is -2.33. The monoisotopic (exact) mass is 351 g/mol. The summed E-state index contributed by atoms with van der Waals surface area (Å²) in [5, 5.41) is 8.32. The van der Waals surface area contributed by atoms with Gasteiger partial charge in [0.05, 0.1) is 0 Å². The molecule has 0 unspecified atom stereocenters. The van der Waals surface area contributed by atoms with Crippen LogP contribution in [0, 0.1) is 5.92 Å². The number of likely N-dealkylation sites (tertiary alicyclic amines) is 1. The van der Waals surface area contributed by atoms with E-state index in [1.807, 2.05) is 6.92 Å². The Morgan fingerprint density at radius 3 is 2.75 bits per heavy atom. The molecule has 0 bridgehead atoms. The molecule has 0 N–H and O–H groups in total. The van der Waals surface area contributed by atoms with Crippen molar-refractivity contribution in [3.05, 3.63) is 18.2 Å². The van der Waals surface area contributed by atoms with Crippen LogP contribution >= 0.6 is 0 Å². The summed E-state index contributed by atoms with van der Waals surface area (Å²) in [7, 11) is -0.492. The minimum Gasteiger partial charge on any atom is -0.343 e. The average Bonchev–Trinajstić information content (AvgIpc) is 3.07. The third-order valence-corrected chi connectivity index (χ3v) is 6.21. The Bertz CT molecular complexity index is 876. The van der Waals surface area contributed by atoms with Gasteiger partial charge in [0.2, 0.25) is 15.9 Å². The molecule has 130 valence electrons. The third kappa shape index (κ3) is 2.89. The van der Waals surface area contributed by atoms with Crippen LogP contribution in [0.2, 0.25) is 0 Å². The number of fused-ring (bicyclic) bond motifs is 1. The van der Waals surface area contributed by atoms with Crippen molar-refractivity contribution in [1.82, 2.24) is 24.2 Å². The van der Waals surface area contributed by atoms with E-state index in [9.17, 15) is 13.2 Å². The fourth-order valence-corrected chi connectivity index (χ4v) is 4.52. The largest absolute Gasteiger partial charge is 0.343 e. The molecule has 1 atom stereocenters. The Hall–Kier alpha value is -2.00. The van der Waals surface area contributed by atoms with Crippen LogP contribution in [-0.2, 0) is 21.9 Å². The van der Waals surface area contributed by atoms with Crippen molar-refractivity contribution < 1.29 is 13.2 Å².